The van der Waals surface area contributed by atoms with Gasteiger partial charge >= 0.3 is 0 Å². The van der Waals surface area contributed by atoms with Crippen LogP contribution in [0, 0.1) is 13.8 Å². The first-order valence-electron chi connectivity index (χ1n) is 13.0. The number of rotatable bonds is 7. The number of hydrogen-bond donors (Lipinski definition) is 3. The van der Waals surface area contributed by atoms with Crippen LogP contribution in [0.4, 0.5) is 17.2 Å². The average Bonchev–Trinajstić information content (AvgIpc) is 3.08. The molecule has 5 rings (SSSR count). The third-order valence-electron chi connectivity index (χ3n) is 7.02. The Morgan fingerprint density at radius 1 is 1.14 bits per heavy atom. The molecule has 1 aliphatic heterocycles. The van der Waals surface area contributed by atoms with Crippen molar-refractivity contribution in [2.45, 2.75) is 65.6 Å². The lowest BCUT2D eigenvalue weighted by Gasteiger charge is -2.46. The molecule has 9 heteroatoms. The summed E-state index contributed by atoms with van der Waals surface area (Å²) in [4.78, 5) is 14.9. The van der Waals surface area contributed by atoms with Gasteiger partial charge in [0, 0.05) is 43.1 Å². The zero-order valence-corrected chi connectivity index (χ0v) is 22.6. The number of H-pyrrole nitrogens is 1. The predicted octanol–water partition coefficient (Wildman–Crippen LogP) is 4.84. The fourth-order valence-corrected chi connectivity index (χ4v) is 4.75. The molecule has 37 heavy (non-hydrogen) atoms. The Kier molecular flexibility index (Phi) is 6.58. The Morgan fingerprint density at radius 2 is 1.89 bits per heavy atom. The first kappa shape index (κ1) is 25.1. The van der Waals surface area contributed by atoms with E-state index in [1.165, 1.54) is 17.8 Å². The summed E-state index contributed by atoms with van der Waals surface area (Å²) in [5.74, 6) is 1.83. The van der Waals surface area contributed by atoms with Gasteiger partial charge in [0.1, 0.15) is 11.5 Å². The fraction of sp³-hybridized carbons (Fsp3) is 0.464. The van der Waals surface area contributed by atoms with Gasteiger partial charge in [-0.3, -0.25) is 9.48 Å². The first-order chi connectivity index (χ1) is 17.6. The third kappa shape index (κ3) is 5.41. The maximum Gasteiger partial charge on any atom is 0.287 e. The third-order valence-corrected chi connectivity index (χ3v) is 7.02. The summed E-state index contributed by atoms with van der Waals surface area (Å²) in [6.07, 6.45) is 3.75. The summed E-state index contributed by atoms with van der Waals surface area (Å²) in [6, 6.07) is 9.84. The zero-order valence-electron chi connectivity index (χ0n) is 22.6. The van der Waals surface area contributed by atoms with E-state index >= 15 is 0 Å². The molecule has 196 valence electrons. The number of ether oxygens (including phenoxy) is 1. The second-order valence-electron chi connectivity index (χ2n) is 11.1. The maximum atomic E-state index is 12.5. The molecule has 1 aromatic carbocycles. The lowest BCUT2D eigenvalue weighted by atomic mass is 9.91. The summed E-state index contributed by atoms with van der Waals surface area (Å²) in [5.41, 5.74) is 6.21. The van der Waals surface area contributed by atoms with Crippen LogP contribution in [-0.4, -0.2) is 49.7 Å². The van der Waals surface area contributed by atoms with Crippen LogP contribution in [0.5, 0.6) is 0 Å². The van der Waals surface area contributed by atoms with Gasteiger partial charge in [0.2, 0.25) is 0 Å². The van der Waals surface area contributed by atoms with Crippen molar-refractivity contribution in [2.75, 3.05) is 23.7 Å². The fourth-order valence-electron chi connectivity index (χ4n) is 4.75. The van der Waals surface area contributed by atoms with Crippen LogP contribution in [0.3, 0.4) is 0 Å². The molecular weight excluding hydrogens is 466 g/mol. The number of aromatic nitrogens is 4. The highest BCUT2D eigenvalue weighted by molar-refractivity contribution is 5.74. The van der Waals surface area contributed by atoms with Gasteiger partial charge < -0.3 is 20.3 Å². The normalized spacial score (nSPS) is 15.8. The van der Waals surface area contributed by atoms with Crippen LogP contribution >= 0.6 is 0 Å². The smallest absolute Gasteiger partial charge is 0.287 e. The average molecular weight is 504 g/mol. The zero-order chi connectivity index (χ0) is 26.3. The molecule has 0 atom stereocenters. The number of nitrogens with one attached hydrogen (secondary N) is 3. The second kappa shape index (κ2) is 9.70. The monoisotopic (exact) mass is 503 g/mol. The maximum absolute atomic E-state index is 12.5. The number of nitrogens with zero attached hydrogens (tertiary/aromatic N) is 4. The molecular formula is C28H37N7O2. The molecule has 3 heterocycles. The minimum Gasteiger partial charge on any atom is -0.369 e. The standard InChI is InChI=1S/C28H37N7O2/c1-17-13-25(33-34(17)6)29-24-14-23(31-32-27(24)36)21-11-8-12-22(18(21)2)30-26(19-9-7-10-19)35-15-20(16-35)37-28(3,4)5/h8,11-14,20,30H,7,9-10,15-16H2,1-6H3,(H,32,36)(H,29,31,33). The highest BCUT2D eigenvalue weighted by Gasteiger charge is 2.34. The van der Waals surface area contributed by atoms with Gasteiger partial charge in [-0.25, -0.2) is 5.10 Å². The summed E-state index contributed by atoms with van der Waals surface area (Å²) < 4.78 is 7.93. The van der Waals surface area contributed by atoms with Gasteiger partial charge in [0.15, 0.2) is 5.82 Å². The lowest BCUT2D eigenvalue weighted by Crippen LogP contribution is -2.55. The van der Waals surface area contributed by atoms with E-state index in [1.807, 2.05) is 32.2 Å². The quantitative estimate of drug-likeness (QED) is 0.424. The Morgan fingerprint density at radius 3 is 2.51 bits per heavy atom. The number of allylic oxidation sites excluding steroid dienone is 1. The van der Waals surface area contributed by atoms with Crippen LogP contribution < -0.4 is 16.2 Å². The molecule has 0 amide bonds. The van der Waals surface area contributed by atoms with Gasteiger partial charge in [-0.1, -0.05) is 12.1 Å². The van der Waals surface area contributed by atoms with E-state index in [2.05, 4.69) is 64.6 Å². The van der Waals surface area contributed by atoms with E-state index in [4.69, 9.17) is 4.74 Å². The van der Waals surface area contributed by atoms with Gasteiger partial charge in [-0.15, -0.1) is 0 Å². The van der Waals surface area contributed by atoms with Gasteiger partial charge in [0.25, 0.3) is 5.56 Å². The number of benzene rings is 1. The molecule has 2 aromatic heterocycles. The SMILES string of the molecule is Cc1c(NC(=C2CCC2)N2CC(OC(C)(C)C)C2)cccc1-c1cc(Nc2cc(C)n(C)n2)c(=O)[nH]n1. The van der Waals surface area contributed by atoms with Crippen molar-refractivity contribution in [1.82, 2.24) is 24.9 Å². The molecule has 1 saturated carbocycles. The van der Waals surface area contributed by atoms with Crippen LogP contribution in [-0.2, 0) is 11.8 Å². The second-order valence-corrected chi connectivity index (χ2v) is 11.1. The Hall–Kier alpha value is -3.59. The van der Waals surface area contributed by atoms with Gasteiger partial charge in [-0.2, -0.15) is 10.2 Å². The molecule has 1 saturated heterocycles. The highest BCUT2D eigenvalue weighted by Crippen LogP contribution is 2.36. The molecule has 0 unspecified atom stereocenters. The van der Waals surface area contributed by atoms with Crippen LogP contribution in [0.1, 0.15) is 51.3 Å². The molecule has 3 aromatic rings. The Labute approximate surface area is 217 Å². The molecule has 2 fully saturated rings. The first-order valence-corrected chi connectivity index (χ1v) is 13.0. The van der Waals surface area contributed by atoms with Crippen molar-refractivity contribution in [3.63, 3.8) is 0 Å². The molecule has 0 spiro atoms. The molecule has 0 bridgehead atoms. The van der Waals surface area contributed by atoms with Gasteiger partial charge in [0.05, 0.1) is 17.4 Å². The van der Waals surface area contributed by atoms with Crippen LogP contribution in [0.2, 0.25) is 0 Å². The molecule has 9 nitrogen and oxygen atoms in total. The van der Waals surface area contributed by atoms with Crippen molar-refractivity contribution >= 4 is 17.2 Å². The van der Waals surface area contributed by atoms with Crippen molar-refractivity contribution < 1.29 is 4.74 Å². The number of likely N-dealkylation sites (tertiary alicyclic amines) is 1. The molecule has 3 N–H and O–H groups in total. The largest absolute Gasteiger partial charge is 0.369 e. The van der Waals surface area contributed by atoms with Crippen molar-refractivity contribution in [2.24, 2.45) is 7.05 Å². The van der Waals surface area contributed by atoms with E-state index < -0.39 is 0 Å². The number of hydrogen-bond acceptors (Lipinski definition) is 7. The number of aromatic amines is 1. The van der Waals surface area contributed by atoms with E-state index in [0.717, 1.165) is 48.4 Å². The summed E-state index contributed by atoms with van der Waals surface area (Å²) in [5, 5.41) is 18.3. The minimum absolute atomic E-state index is 0.133. The number of aryl methyl sites for hydroxylation is 2. The molecule has 1 aliphatic carbocycles. The topological polar surface area (TPSA) is 100 Å². The number of anilines is 3. The lowest BCUT2D eigenvalue weighted by molar-refractivity contribution is -0.115. The van der Waals surface area contributed by atoms with E-state index in [0.29, 0.717) is 17.2 Å². The summed E-state index contributed by atoms with van der Waals surface area (Å²) in [7, 11) is 1.87. The summed E-state index contributed by atoms with van der Waals surface area (Å²) in [6.45, 7) is 12.2. The summed E-state index contributed by atoms with van der Waals surface area (Å²) >= 11 is 0. The van der Waals surface area contributed by atoms with Crippen molar-refractivity contribution in [1.29, 1.82) is 0 Å². The van der Waals surface area contributed by atoms with Crippen molar-refractivity contribution in [3.8, 4) is 11.3 Å². The van der Waals surface area contributed by atoms with E-state index in [1.54, 1.807) is 10.7 Å². The molecule has 2 aliphatic rings. The van der Waals surface area contributed by atoms with Gasteiger partial charge in [-0.05, 0) is 77.2 Å². The highest BCUT2D eigenvalue weighted by atomic mass is 16.5. The van der Waals surface area contributed by atoms with E-state index in [9.17, 15) is 4.79 Å². The minimum atomic E-state index is -0.291. The predicted molar refractivity (Wildman–Crippen MR) is 147 cm³/mol. The Bertz CT molecular complexity index is 1360. The van der Waals surface area contributed by atoms with Crippen LogP contribution in [0.25, 0.3) is 11.3 Å². The van der Waals surface area contributed by atoms with E-state index in [-0.39, 0.29) is 17.3 Å². The van der Waals surface area contributed by atoms with Crippen LogP contribution in [0.15, 0.2) is 46.5 Å². The Balaban J connectivity index is 1.38. The van der Waals surface area contributed by atoms with Crippen molar-refractivity contribution in [3.05, 3.63) is 63.3 Å². The molecule has 0 radical (unpaired) electrons.